The highest BCUT2D eigenvalue weighted by Gasteiger charge is 2.21. The predicted molar refractivity (Wildman–Crippen MR) is 118 cm³/mol. The number of nitrogens with one attached hydrogen (secondary N) is 2. The Hall–Kier alpha value is -2.46. The Kier molecular flexibility index (Phi) is 6.86. The highest BCUT2D eigenvalue weighted by Crippen LogP contribution is 2.20. The van der Waals surface area contributed by atoms with Crippen molar-refractivity contribution in [3.63, 3.8) is 0 Å². The zero-order chi connectivity index (χ0) is 21.7. The number of rotatable bonds is 7. The third kappa shape index (κ3) is 5.62. The fraction of sp³-hybridized carbons (Fsp3) is 0.409. The van der Waals surface area contributed by atoms with Crippen LogP contribution in [-0.4, -0.2) is 59.9 Å². The van der Waals surface area contributed by atoms with Gasteiger partial charge in [-0.1, -0.05) is 6.07 Å². The molecule has 0 saturated carbocycles. The molecule has 2 aromatic carbocycles. The van der Waals surface area contributed by atoms with E-state index in [1.165, 1.54) is 12.1 Å². The molecule has 2 aliphatic rings. The molecule has 8 nitrogen and oxygen atoms in total. The average molecular weight is 446 g/mol. The van der Waals surface area contributed by atoms with Crippen LogP contribution < -0.4 is 14.9 Å². The summed E-state index contributed by atoms with van der Waals surface area (Å²) in [6.07, 6.45) is 1.69. The summed E-state index contributed by atoms with van der Waals surface area (Å²) in [5.74, 6) is -0.365. The van der Waals surface area contributed by atoms with E-state index in [9.17, 15) is 13.2 Å². The highest BCUT2D eigenvalue weighted by molar-refractivity contribution is 7.89. The molecule has 9 heteroatoms. The fourth-order valence-corrected chi connectivity index (χ4v) is 4.79. The van der Waals surface area contributed by atoms with Gasteiger partial charge in [-0.25, -0.2) is 13.1 Å². The van der Waals surface area contributed by atoms with Crippen LogP contribution in [-0.2, 0) is 19.5 Å². The van der Waals surface area contributed by atoms with Gasteiger partial charge in [-0.15, -0.1) is 0 Å². The number of amides is 1. The number of ether oxygens (including phenoxy) is 2. The van der Waals surface area contributed by atoms with Gasteiger partial charge in [-0.05, 0) is 55.3 Å². The Morgan fingerprint density at radius 1 is 1.06 bits per heavy atom. The maximum absolute atomic E-state index is 12.7. The summed E-state index contributed by atoms with van der Waals surface area (Å²) in [7, 11) is -3.72. The quantitative estimate of drug-likeness (QED) is 0.679. The van der Waals surface area contributed by atoms with Gasteiger partial charge in [0, 0.05) is 43.2 Å². The van der Waals surface area contributed by atoms with Crippen molar-refractivity contribution in [2.24, 2.45) is 0 Å². The second kappa shape index (κ2) is 9.78. The second-order valence-corrected chi connectivity index (χ2v) is 9.38. The minimum absolute atomic E-state index is 0.0563. The van der Waals surface area contributed by atoms with Crippen molar-refractivity contribution in [3.05, 3.63) is 54.1 Å². The third-order valence-corrected chi connectivity index (χ3v) is 6.85. The lowest BCUT2D eigenvalue weighted by Crippen LogP contribution is -2.36. The van der Waals surface area contributed by atoms with Crippen molar-refractivity contribution in [1.82, 2.24) is 4.72 Å². The first kappa shape index (κ1) is 21.8. The number of hydrogen-bond acceptors (Lipinski definition) is 6. The van der Waals surface area contributed by atoms with Gasteiger partial charge in [-0.3, -0.25) is 4.79 Å². The number of sulfonamides is 1. The smallest absolute Gasteiger partial charge is 0.255 e. The van der Waals surface area contributed by atoms with Crippen LogP contribution in [0.25, 0.3) is 0 Å². The summed E-state index contributed by atoms with van der Waals surface area (Å²) in [6, 6.07) is 13.6. The zero-order valence-electron chi connectivity index (χ0n) is 17.2. The van der Waals surface area contributed by atoms with Gasteiger partial charge in [-0.2, -0.15) is 0 Å². The Morgan fingerprint density at radius 2 is 1.84 bits per heavy atom. The standard InChI is InChI=1S/C22H27N3O5S/c26-22(24-18-6-8-19(9-7-18)25-10-13-29-14-11-25)17-3-1-5-21(15-17)31(27,28)23-16-20-4-2-12-30-20/h1,3,5-9,15,20,23H,2,4,10-14,16H2,(H,24,26)/t20-/m0/s1. The number of hydrogen-bond donors (Lipinski definition) is 2. The van der Waals surface area contributed by atoms with Crippen LogP contribution in [0.1, 0.15) is 23.2 Å². The predicted octanol–water partition coefficient (Wildman–Crippen LogP) is 2.23. The molecule has 2 saturated heterocycles. The molecule has 2 aromatic rings. The van der Waals surface area contributed by atoms with Gasteiger partial charge in [0.15, 0.2) is 0 Å². The summed E-state index contributed by atoms with van der Waals surface area (Å²) in [6.45, 7) is 3.99. The van der Waals surface area contributed by atoms with Crippen molar-refractivity contribution in [2.45, 2.75) is 23.8 Å². The summed E-state index contributed by atoms with van der Waals surface area (Å²) >= 11 is 0. The summed E-state index contributed by atoms with van der Waals surface area (Å²) in [5.41, 5.74) is 2.00. The molecule has 2 fully saturated rings. The van der Waals surface area contributed by atoms with Crippen LogP contribution in [0.5, 0.6) is 0 Å². The van der Waals surface area contributed by atoms with Crippen LogP contribution in [0.4, 0.5) is 11.4 Å². The normalized spacial score (nSPS) is 19.4. The summed E-state index contributed by atoms with van der Waals surface area (Å²) in [4.78, 5) is 15.0. The maximum atomic E-state index is 12.7. The van der Waals surface area contributed by atoms with Crippen molar-refractivity contribution >= 4 is 27.3 Å². The molecule has 1 amide bonds. The van der Waals surface area contributed by atoms with Gasteiger partial charge >= 0.3 is 0 Å². The first-order valence-corrected chi connectivity index (χ1v) is 11.9. The van der Waals surface area contributed by atoms with Crippen molar-refractivity contribution in [3.8, 4) is 0 Å². The van der Waals surface area contributed by atoms with E-state index in [-0.39, 0.29) is 29.0 Å². The molecular formula is C22H27N3O5S. The summed E-state index contributed by atoms with van der Waals surface area (Å²) in [5, 5.41) is 2.83. The Balaban J connectivity index is 1.39. The van der Waals surface area contributed by atoms with Crippen LogP contribution in [0.2, 0.25) is 0 Å². The second-order valence-electron chi connectivity index (χ2n) is 7.62. The van der Waals surface area contributed by atoms with Gasteiger partial charge in [0.2, 0.25) is 10.0 Å². The molecule has 0 aliphatic carbocycles. The lowest BCUT2D eigenvalue weighted by atomic mass is 10.2. The highest BCUT2D eigenvalue weighted by atomic mass is 32.2. The van der Waals surface area contributed by atoms with Crippen molar-refractivity contribution < 1.29 is 22.7 Å². The van der Waals surface area contributed by atoms with Gasteiger partial charge in [0.05, 0.1) is 24.2 Å². The Bertz CT molecular complexity index is 998. The minimum Gasteiger partial charge on any atom is -0.378 e. The molecule has 0 unspecified atom stereocenters. The van der Waals surface area contributed by atoms with Crippen molar-refractivity contribution in [1.29, 1.82) is 0 Å². The van der Waals surface area contributed by atoms with E-state index in [1.54, 1.807) is 12.1 Å². The molecule has 2 N–H and O–H groups in total. The molecule has 2 aliphatic heterocycles. The van der Waals surface area contributed by atoms with E-state index in [1.807, 2.05) is 24.3 Å². The number of carbonyl (C=O) groups excluding carboxylic acids is 1. The van der Waals surface area contributed by atoms with Crippen LogP contribution in [0.15, 0.2) is 53.4 Å². The molecule has 0 bridgehead atoms. The van der Waals surface area contributed by atoms with Crippen LogP contribution >= 0.6 is 0 Å². The molecule has 0 aromatic heterocycles. The zero-order valence-corrected chi connectivity index (χ0v) is 18.1. The Morgan fingerprint density at radius 3 is 2.55 bits per heavy atom. The number of morpholine rings is 1. The van der Waals surface area contributed by atoms with Gasteiger partial charge < -0.3 is 19.7 Å². The van der Waals surface area contributed by atoms with E-state index in [4.69, 9.17) is 9.47 Å². The summed E-state index contributed by atoms with van der Waals surface area (Å²) < 4.78 is 38.6. The molecule has 2 heterocycles. The van der Waals surface area contributed by atoms with Gasteiger partial charge in [0.25, 0.3) is 5.91 Å². The largest absolute Gasteiger partial charge is 0.378 e. The molecule has 166 valence electrons. The number of nitrogens with zero attached hydrogens (tertiary/aromatic N) is 1. The SMILES string of the molecule is O=C(Nc1ccc(N2CCOCC2)cc1)c1cccc(S(=O)(=O)NC[C@@H]2CCCO2)c1. The minimum atomic E-state index is -3.72. The molecule has 0 radical (unpaired) electrons. The monoisotopic (exact) mass is 445 g/mol. The lowest BCUT2D eigenvalue weighted by molar-refractivity contribution is 0.102. The maximum Gasteiger partial charge on any atom is 0.255 e. The first-order valence-electron chi connectivity index (χ1n) is 10.5. The van der Waals surface area contributed by atoms with E-state index in [0.717, 1.165) is 31.6 Å². The first-order chi connectivity index (χ1) is 15.0. The molecule has 4 rings (SSSR count). The Labute approximate surface area is 182 Å². The number of benzene rings is 2. The number of anilines is 2. The third-order valence-electron chi connectivity index (χ3n) is 5.43. The van der Waals surface area contributed by atoms with E-state index < -0.39 is 10.0 Å². The van der Waals surface area contributed by atoms with Gasteiger partial charge in [0.1, 0.15) is 0 Å². The molecular weight excluding hydrogens is 418 g/mol. The molecule has 31 heavy (non-hydrogen) atoms. The lowest BCUT2D eigenvalue weighted by Gasteiger charge is -2.28. The molecule has 0 spiro atoms. The van der Waals surface area contributed by atoms with E-state index in [2.05, 4.69) is 14.9 Å². The van der Waals surface area contributed by atoms with E-state index in [0.29, 0.717) is 25.5 Å². The average Bonchev–Trinajstić information content (AvgIpc) is 3.33. The van der Waals surface area contributed by atoms with E-state index >= 15 is 0 Å². The fourth-order valence-electron chi connectivity index (χ4n) is 3.68. The molecule has 1 atom stereocenters. The topological polar surface area (TPSA) is 97.0 Å². The van der Waals surface area contributed by atoms with Crippen molar-refractivity contribution in [2.75, 3.05) is 49.7 Å². The van der Waals surface area contributed by atoms with Crippen LogP contribution in [0, 0.1) is 0 Å². The number of carbonyl (C=O) groups is 1. The van der Waals surface area contributed by atoms with Crippen LogP contribution in [0.3, 0.4) is 0 Å².